The number of ether oxygens (including phenoxy) is 1. The summed E-state index contributed by atoms with van der Waals surface area (Å²) in [6, 6.07) is 7.35. The minimum absolute atomic E-state index is 0.415. The first-order valence-electron chi connectivity index (χ1n) is 4.78. The van der Waals surface area contributed by atoms with Crippen molar-refractivity contribution in [2.45, 2.75) is 0 Å². The summed E-state index contributed by atoms with van der Waals surface area (Å²) in [4.78, 5) is 16.9. The molecule has 1 amide bonds. The maximum atomic E-state index is 11.3. The van der Waals surface area contributed by atoms with Crippen LogP contribution in [0.1, 0.15) is 5.01 Å². The first kappa shape index (κ1) is 11.4. The number of nitriles is 1. The molecule has 0 aliphatic rings. The molecule has 86 valence electrons. The van der Waals surface area contributed by atoms with E-state index in [2.05, 4.69) is 9.72 Å². The van der Waals surface area contributed by atoms with E-state index in [0.717, 1.165) is 10.2 Å². The van der Waals surface area contributed by atoms with Crippen LogP contribution in [0, 0.1) is 11.3 Å². The number of carbonyl (C=O) groups is 1. The highest BCUT2D eigenvalue weighted by Crippen LogP contribution is 2.26. The van der Waals surface area contributed by atoms with E-state index in [1.54, 1.807) is 19.2 Å². The van der Waals surface area contributed by atoms with E-state index in [-0.39, 0.29) is 0 Å². The van der Waals surface area contributed by atoms with Crippen LogP contribution in [0.4, 0.5) is 10.5 Å². The van der Waals surface area contributed by atoms with Crippen LogP contribution in [0.3, 0.4) is 0 Å². The van der Waals surface area contributed by atoms with Gasteiger partial charge in [0.05, 0.1) is 17.3 Å². The van der Waals surface area contributed by atoms with E-state index in [0.29, 0.717) is 10.7 Å². The van der Waals surface area contributed by atoms with E-state index in [1.165, 1.54) is 23.3 Å². The summed E-state index contributed by atoms with van der Waals surface area (Å²) in [5, 5.41) is 9.17. The average Bonchev–Trinajstić information content (AvgIpc) is 2.78. The molecule has 1 aromatic carbocycles. The lowest BCUT2D eigenvalue weighted by atomic mass is 10.3. The van der Waals surface area contributed by atoms with Crippen molar-refractivity contribution < 1.29 is 9.53 Å². The number of thiazole rings is 1. The molecule has 1 aromatic heterocycles. The summed E-state index contributed by atoms with van der Waals surface area (Å²) in [6.45, 7) is 0. The molecule has 0 bridgehead atoms. The lowest BCUT2D eigenvalue weighted by Crippen LogP contribution is -2.25. The molecule has 0 fully saturated rings. The SMILES string of the molecule is COC(=O)N(C)c1ccc2nc(C#N)sc2c1. The molecule has 5 nitrogen and oxygen atoms in total. The summed E-state index contributed by atoms with van der Waals surface area (Å²) >= 11 is 1.30. The van der Waals surface area contributed by atoms with Crippen molar-refractivity contribution in [1.29, 1.82) is 5.26 Å². The monoisotopic (exact) mass is 247 g/mol. The normalized spacial score (nSPS) is 9.94. The van der Waals surface area contributed by atoms with Crippen LogP contribution < -0.4 is 4.90 Å². The van der Waals surface area contributed by atoms with Crippen molar-refractivity contribution in [1.82, 2.24) is 4.98 Å². The van der Waals surface area contributed by atoms with Gasteiger partial charge in [-0.1, -0.05) is 0 Å². The van der Waals surface area contributed by atoms with Gasteiger partial charge in [0.2, 0.25) is 0 Å². The van der Waals surface area contributed by atoms with Gasteiger partial charge in [0, 0.05) is 12.7 Å². The first-order valence-corrected chi connectivity index (χ1v) is 5.59. The zero-order valence-corrected chi connectivity index (χ0v) is 10.1. The average molecular weight is 247 g/mol. The van der Waals surface area contributed by atoms with E-state index < -0.39 is 6.09 Å². The van der Waals surface area contributed by atoms with Crippen LogP contribution >= 0.6 is 11.3 Å². The van der Waals surface area contributed by atoms with Gasteiger partial charge in [-0.3, -0.25) is 4.90 Å². The lowest BCUT2D eigenvalue weighted by molar-refractivity contribution is 0.180. The Morgan fingerprint density at radius 3 is 3.00 bits per heavy atom. The Balaban J connectivity index is 2.44. The van der Waals surface area contributed by atoms with E-state index in [4.69, 9.17) is 5.26 Å². The van der Waals surface area contributed by atoms with Crippen molar-refractivity contribution in [3.05, 3.63) is 23.2 Å². The molecule has 0 unspecified atom stereocenters. The third-order valence-electron chi connectivity index (χ3n) is 2.30. The molecular formula is C11H9N3O2S. The van der Waals surface area contributed by atoms with Crippen LogP contribution in [0.15, 0.2) is 18.2 Å². The van der Waals surface area contributed by atoms with Crippen LogP contribution in [0.5, 0.6) is 0 Å². The van der Waals surface area contributed by atoms with Gasteiger partial charge in [0.25, 0.3) is 0 Å². The maximum Gasteiger partial charge on any atom is 0.413 e. The van der Waals surface area contributed by atoms with Gasteiger partial charge in [-0.05, 0) is 18.2 Å². The Labute approximate surface area is 102 Å². The quantitative estimate of drug-likeness (QED) is 0.776. The zero-order chi connectivity index (χ0) is 12.4. The summed E-state index contributed by atoms with van der Waals surface area (Å²) in [5.74, 6) is 0. The highest BCUT2D eigenvalue weighted by atomic mass is 32.1. The second-order valence-corrected chi connectivity index (χ2v) is 4.34. The molecule has 0 saturated heterocycles. The molecule has 0 aliphatic carbocycles. The number of benzene rings is 1. The number of nitrogens with zero attached hydrogens (tertiary/aromatic N) is 3. The predicted octanol–water partition coefficient (Wildman–Crippen LogP) is 2.37. The number of aromatic nitrogens is 1. The minimum atomic E-state index is -0.436. The van der Waals surface area contributed by atoms with E-state index in [1.807, 2.05) is 12.1 Å². The lowest BCUT2D eigenvalue weighted by Gasteiger charge is -2.15. The molecule has 2 aromatic rings. The van der Waals surface area contributed by atoms with Crippen LogP contribution in [-0.2, 0) is 4.74 Å². The Kier molecular flexibility index (Phi) is 2.93. The van der Waals surface area contributed by atoms with Crippen LogP contribution in [0.2, 0.25) is 0 Å². The number of rotatable bonds is 1. The fourth-order valence-corrected chi connectivity index (χ4v) is 2.21. The number of carbonyl (C=O) groups excluding carboxylic acids is 1. The third-order valence-corrected chi connectivity index (χ3v) is 3.23. The van der Waals surface area contributed by atoms with Crippen molar-refractivity contribution >= 4 is 33.3 Å². The summed E-state index contributed by atoms with van der Waals surface area (Å²) in [7, 11) is 2.96. The van der Waals surface area contributed by atoms with E-state index in [9.17, 15) is 4.79 Å². The Morgan fingerprint density at radius 1 is 1.59 bits per heavy atom. The first-order chi connectivity index (χ1) is 8.15. The second kappa shape index (κ2) is 4.39. The molecule has 0 atom stereocenters. The smallest absolute Gasteiger partial charge is 0.413 e. The highest BCUT2D eigenvalue weighted by molar-refractivity contribution is 7.19. The third kappa shape index (κ3) is 2.05. The van der Waals surface area contributed by atoms with Gasteiger partial charge in [0.15, 0.2) is 5.01 Å². The van der Waals surface area contributed by atoms with Crippen molar-refractivity contribution in [2.24, 2.45) is 0 Å². The molecule has 1 heterocycles. The molecule has 0 saturated carbocycles. The number of amides is 1. The number of hydrogen-bond acceptors (Lipinski definition) is 5. The van der Waals surface area contributed by atoms with Gasteiger partial charge in [-0.2, -0.15) is 5.26 Å². The Morgan fingerprint density at radius 2 is 2.35 bits per heavy atom. The van der Waals surface area contributed by atoms with Gasteiger partial charge in [0.1, 0.15) is 6.07 Å². The molecule has 0 N–H and O–H groups in total. The van der Waals surface area contributed by atoms with Crippen molar-refractivity contribution in [3.63, 3.8) is 0 Å². The topological polar surface area (TPSA) is 66.2 Å². The summed E-state index contributed by atoms with van der Waals surface area (Å²) < 4.78 is 5.50. The van der Waals surface area contributed by atoms with Crippen LogP contribution in [-0.4, -0.2) is 25.2 Å². The highest BCUT2D eigenvalue weighted by Gasteiger charge is 2.12. The molecule has 17 heavy (non-hydrogen) atoms. The zero-order valence-electron chi connectivity index (χ0n) is 9.30. The molecule has 0 aliphatic heterocycles. The molecule has 6 heteroatoms. The minimum Gasteiger partial charge on any atom is -0.452 e. The molecule has 0 spiro atoms. The number of hydrogen-bond donors (Lipinski definition) is 0. The van der Waals surface area contributed by atoms with Gasteiger partial charge < -0.3 is 4.74 Å². The number of anilines is 1. The molecule has 0 radical (unpaired) electrons. The molecule has 2 rings (SSSR count). The van der Waals surface area contributed by atoms with Gasteiger partial charge in [-0.25, -0.2) is 9.78 Å². The Bertz CT molecular complexity index is 615. The largest absolute Gasteiger partial charge is 0.452 e. The van der Waals surface area contributed by atoms with E-state index >= 15 is 0 Å². The Hall–Kier alpha value is -2.13. The van der Waals surface area contributed by atoms with Crippen LogP contribution in [0.25, 0.3) is 10.2 Å². The fourth-order valence-electron chi connectivity index (χ4n) is 1.41. The number of methoxy groups -OCH3 is 1. The second-order valence-electron chi connectivity index (χ2n) is 3.31. The standard InChI is InChI=1S/C11H9N3O2S/c1-14(11(15)16-2)7-3-4-8-9(5-7)17-10(6-12)13-8/h3-5H,1-2H3. The van der Waals surface area contributed by atoms with Gasteiger partial charge in [-0.15, -0.1) is 11.3 Å². The molecular weight excluding hydrogens is 238 g/mol. The van der Waals surface area contributed by atoms with Crippen molar-refractivity contribution in [3.8, 4) is 6.07 Å². The summed E-state index contributed by atoms with van der Waals surface area (Å²) in [5.41, 5.74) is 1.46. The van der Waals surface area contributed by atoms with Gasteiger partial charge >= 0.3 is 6.09 Å². The van der Waals surface area contributed by atoms with Crippen molar-refractivity contribution in [2.75, 3.05) is 19.1 Å². The fraction of sp³-hybridized carbons (Fsp3) is 0.182. The predicted molar refractivity (Wildman–Crippen MR) is 65.1 cm³/mol. The summed E-state index contributed by atoms with van der Waals surface area (Å²) in [6.07, 6.45) is -0.436. The maximum absolute atomic E-state index is 11.3. The number of fused-ring (bicyclic) bond motifs is 1.